The van der Waals surface area contributed by atoms with Gasteiger partial charge in [-0.1, -0.05) is 44.2 Å². The van der Waals surface area contributed by atoms with Gasteiger partial charge in [-0.3, -0.25) is 14.4 Å². The monoisotopic (exact) mass is 396 g/mol. The molecule has 0 unspecified atom stereocenters. The summed E-state index contributed by atoms with van der Waals surface area (Å²) in [5.74, 6) is -0.765. The van der Waals surface area contributed by atoms with Crippen molar-refractivity contribution in [1.29, 1.82) is 0 Å². The van der Waals surface area contributed by atoms with Crippen LogP contribution in [0.15, 0.2) is 42.5 Å². The van der Waals surface area contributed by atoms with Crippen LogP contribution in [0.2, 0.25) is 0 Å². The first-order chi connectivity index (χ1) is 13.7. The van der Waals surface area contributed by atoms with Gasteiger partial charge < -0.3 is 15.4 Å². The SMILES string of the molecule is CC(=O)Nc1ccc(CC(=O)O[C@H](C)C(=O)Nc2c(C)cccc2C(C)C)cc1. The van der Waals surface area contributed by atoms with Crippen molar-refractivity contribution in [3.63, 3.8) is 0 Å². The van der Waals surface area contributed by atoms with E-state index in [2.05, 4.69) is 24.5 Å². The summed E-state index contributed by atoms with van der Waals surface area (Å²) in [6.45, 7) is 9.04. The largest absolute Gasteiger partial charge is 0.452 e. The highest BCUT2D eigenvalue weighted by Gasteiger charge is 2.20. The average Bonchev–Trinajstić information content (AvgIpc) is 2.64. The van der Waals surface area contributed by atoms with Gasteiger partial charge in [-0.05, 0) is 48.6 Å². The molecule has 29 heavy (non-hydrogen) atoms. The Hall–Kier alpha value is -3.15. The molecule has 0 spiro atoms. The molecule has 0 heterocycles. The maximum absolute atomic E-state index is 12.5. The number of carbonyl (C=O) groups excluding carboxylic acids is 3. The molecule has 0 aromatic heterocycles. The number of carbonyl (C=O) groups is 3. The number of hydrogen-bond donors (Lipinski definition) is 2. The maximum Gasteiger partial charge on any atom is 0.311 e. The van der Waals surface area contributed by atoms with E-state index in [1.165, 1.54) is 6.92 Å². The molecule has 0 aliphatic rings. The second kappa shape index (κ2) is 9.87. The first-order valence-electron chi connectivity index (χ1n) is 9.63. The Morgan fingerprint density at radius 1 is 0.966 bits per heavy atom. The summed E-state index contributed by atoms with van der Waals surface area (Å²) >= 11 is 0. The normalized spacial score (nSPS) is 11.7. The minimum atomic E-state index is -0.916. The lowest BCUT2D eigenvalue weighted by molar-refractivity contribution is -0.152. The second-order valence-corrected chi connectivity index (χ2v) is 7.37. The summed E-state index contributed by atoms with van der Waals surface area (Å²) in [6.07, 6.45) is -0.875. The minimum Gasteiger partial charge on any atom is -0.452 e. The minimum absolute atomic E-state index is 0.0413. The highest BCUT2D eigenvalue weighted by molar-refractivity contribution is 5.96. The quantitative estimate of drug-likeness (QED) is 0.687. The standard InChI is InChI=1S/C23H28N2O4/c1-14(2)20-8-6-7-15(3)22(20)25-23(28)16(4)29-21(27)13-18-9-11-19(12-10-18)24-17(5)26/h6-12,14,16H,13H2,1-5H3,(H,24,26)(H,25,28)/t16-/m1/s1. The van der Waals surface area contributed by atoms with Gasteiger partial charge in [-0.25, -0.2) is 0 Å². The van der Waals surface area contributed by atoms with Crippen molar-refractivity contribution < 1.29 is 19.1 Å². The molecule has 0 aliphatic heterocycles. The molecular formula is C23H28N2O4. The molecule has 0 aliphatic carbocycles. The molecule has 2 amide bonds. The van der Waals surface area contributed by atoms with Gasteiger partial charge in [0.2, 0.25) is 5.91 Å². The van der Waals surface area contributed by atoms with Crippen molar-refractivity contribution in [2.45, 2.75) is 53.1 Å². The number of para-hydroxylation sites is 1. The van der Waals surface area contributed by atoms with Crippen LogP contribution in [0.3, 0.4) is 0 Å². The highest BCUT2D eigenvalue weighted by atomic mass is 16.5. The van der Waals surface area contributed by atoms with Crippen LogP contribution in [0.1, 0.15) is 50.3 Å². The molecule has 154 valence electrons. The highest BCUT2D eigenvalue weighted by Crippen LogP contribution is 2.27. The van der Waals surface area contributed by atoms with Crippen molar-refractivity contribution >= 4 is 29.2 Å². The molecule has 0 bridgehead atoms. The number of aryl methyl sites for hydroxylation is 1. The molecule has 0 saturated heterocycles. The Kier molecular flexibility index (Phi) is 7.53. The third-order valence-electron chi connectivity index (χ3n) is 4.48. The fourth-order valence-electron chi connectivity index (χ4n) is 2.94. The van der Waals surface area contributed by atoms with E-state index in [9.17, 15) is 14.4 Å². The molecule has 1 atom stereocenters. The van der Waals surface area contributed by atoms with Gasteiger partial charge in [0, 0.05) is 18.3 Å². The van der Waals surface area contributed by atoms with Crippen LogP contribution in [0, 0.1) is 6.92 Å². The predicted octanol–water partition coefficient (Wildman–Crippen LogP) is 4.19. The molecule has 2 aromatic carbocycles. The molecule has 2 rings (SSSR count). The fraction of sp³-hybridized carbons (Fsp3) is 0.348. The van der Waals surface area contributed by atoms with Gasteiger partial charge in [0.15, 0.2) is 6.10 Å². The van der Waals surface area contributed by atoms with E-state index in [0.717, 1.165) is 22.4 Å². The van der Waals surface area contributed by atoms with E-state index in [0.29, 0.717) is 5.69 Å². The summed E-state index contributed by atoms with van der Waals surface area (Å²) in [5.41, 5.74) is 4.15. The fourth-order valence-corrected chi connectivity index (χ4v) is 2.94. The Morgan fingerprint density at radius 3 is 2.21 bits per heavy atom. The Balaban J connectivity index is 1.96. The van der Waals surface area contributed by atoms with Crippen LogP contribution >= 0.6 is 0 Å². The van der Waals surface area contributed by atoms with Crippen LogP contribution in [0.5, 0.6) is 0 Å². The van der Waals surface area contributed by atoms with Crippen LogP contribution < -0.4 is 10.6 Å². The van der Waals surface area contributed by atoms with Gasteiger partial charge in [-0.2, -0.15) is 0 Å². The molecule has 0 saturated carbocycles. The summed E-state index contributed by atoms with van der Waals surface area (Å²) in [7, 11) is 0. The van der Waals surface area contributed by atoms with Crippen molar-refractivity contribution in [2.75, 3.05) is 10.6 Å². The van der Waals surface area contributed by atoms with E-state index in [1.54, 1.807) is 31.2 Å². The van der Waals surface area contributed by atoms with Crippen molar-refractivity contribution in [2.24, 2.45) is 0 Å². The molecular weight excluding hydrogens is 368 g/mol. The van der Waals surface area contributed by atoms with Gasteiger partial charge in [0.05, 0.1) is 6.42 Å². The van der Waals surface area contributed by atoms with Crippen LogP contribution in [-0.2, 0) is 25.5 Å². The number of amides is 2. The second-order valence-electron chi connectivity index (χ2n) is 7.37. The van der Waals surface area contributed by atoms with Crippen molar-refractivity contribution in [3.8, 4) is 0 Å². The van der Waals surface area contributed by atoms with Gasteiger partial charge in [0.25, 0.3) is 5.91 Å². The van der Waals surface area contributed by atoms with E-state index in [4.69, 9.17) is 4.74 Å². The smallest absolute Gasteiger partial charge is 0.311 e. The molecule has 2 N–H and O–H groups in total. The van der Waals surface area contributed by atoms with Crippen molar-refractivity contribution in [1.82, 2.24) is 0 Å². The van der Waals surface area contributed by atoms with Crippen LogP contribution in [0.25, 0.3) is 0 Å². The lowest BCUT2D eigenvalue weighted by Gasteiger charge is -2.19. The number of esters is 1. The molecule has 2 aromatic rings. The first kappa shape index (κ1) is 22.1. The Morgan fingerprint density at radius 2 is 1.62 bits per heavy atom. The van der Waals surface area contributed by atoms with Crippen LogP contribution in [0.4, 0.5) is 11.4 Å². The van der Waals surface area contributed by atoms with E-state index in [-0.39, 0.29) is 24.2 Å². The average molecular weight is 396 g/mol. The Labute approximate surface area is 171 Å². The third-order valence-corrected chi connectivity index (χ3v) is 4.48. The lowest BCUT2D eigenvalue weighted by Crippen LogP contribution is -2.31. The maximum atomic E-state index is 12.5. The van der Waals surface area contributed by atoms with E-state index < -0.39 is 12.1 Å². The number of rotatable bonds is 7. The van der Waals surface area contributed by atoms with E-state index >= 15 is 0 Å². The first-order valence-corrected chi connectivity index (χ1v) is 9.63. The van der Waals surface area contributed by atoms with Gasteiger partial charge in [-0.15, -0.1) is 0 Å². The topological polar surface area (TPSA) is 84.5 Å². The van der Waals surface area contributed by atoms with Crippen molar-refractivity contribution in [3.05, 3.63) is 59.2 Å². The summed E-state index contributed by atoms with van der Waals surface area (Å²) in [4.78, 5) is 35.8. The molecule has 0 radical (unpaired) electrons. The van der Waals surface area contributed by atoms with Gasteiger partial charge >= 0.3 is 5.97 Å². The number of nitrogens with one attached hydrogen (secondary N) is 2. The molecule has 6 heteroatoms. The predicted molar refractivity (Wildman–Crippen MR) is 114 cm³/mol. The molecule has 0 fully saturated rings. The summed E-state index contributed by atoms with van der Waals surface area (Å²) in [6, 6.07) is 12.8. The zero-order valence-corrected chi connectivity index (χ0v) is 17.5. The van der Waals surface area contributed by atoms with Gasteiger partial charge in [0.1, 0.15) is 0 Å². The molecule has 6 nitrogen and oxygen atoms in total. The zero-order valence-electron chi connectivity index (χ0n) is 17.5. The van der Waals surface area contributed by atoms with E-state index in [1.807, 2.05) is 25.1 Å². The van der Waals surface area contributed by atoms with Crippen LogP contribution in [-0.4, -0.2) is 23.9 Å². The number of benzene rings is 2. The zero-order chi connectivity index (χ0) is 21.6. The number of hydrogen-bond acceptors (Lipinski definition) is 4. The number of anilines is 2. The summed E-state index contributed by atoms with van der Waals surface area (Å²) in [5, 5.41) is 5.56. The number of ether oxygens (including phenoxy) is 1. The summed E-state index contributed by atoms with van der Waals surface area (Å²) < 4.78 is 5.30. The third kappa shape index (κ3) is 6.45. The lowest BCUT2D eigenvalue weighted by atomic mass is 9.98. The Bertz CT molecular complexity index is 888.